The summed E-state index contributed by atoms with van der Waals surface area (Å²) in [6.45, 7) is 12.4. The quantitative estimate of drug-likeness (QED) is 0.164. The maximum Gasteiger partial charge on any atom is 0.0547 e. The maximum absolute atomic E-state index is 8.41. The molecular formula is C49H37N3. The number of rotatable bonds is 7. The van der Waals surface area contributed by atoms with Crippen LogP contribution in [0, 0.1) is 12.3 Å². The van der Waals surface area contributed by atoms with Crippen LogP contribution in [0.15, 0.2) is 152 Å². The van der Waals surface area contributed by atoms with Gasteiger partial charge in [0.05, 0.1) is 22.1 Å². The molecule has 0 spiro atoms. The minimum absolute atomic E-state index is 0.891. The van der Waals surface area contributed by atoms with Crippen LogP contribution in [0.4, 0.5) is 0 Å². The molecule has 3 nitrogen and oxygen atoms in total. The molecule has 2 aromatic heterocycles. The van der Waals surface area contributed by atoms with E-state index in [1.807, 2.05) is 12.2 Å². The molecule has 0 aliphatic heterocycles. The van der Waals surface area contributed by atoms with Crippen molar-refractivity contribution in [3.63, 3.8) is 0 Å². The average Bonchev–Trinajstić information content (AvgIpc) is 3.79. The molecule has 0 unspecified atom stereocenters. The molecule has 0 atom stereocenters. The Hall–Kier alpha value is -6.71. The molecule has 0 saturated carbocycles. The zero-order chi connectivity index (χ0) is 35.5. The van der Waals surface area contributed by atoms with Crippen LogP contribution in [0.25, 0.3) is 89.9 Å². The molecule has 0 fully saturated rings. The van der Waals surface area contributed by atoms with Gasteiger partial charge >= 0.3 is 0 Å². The highest BCUT2D eigenvalue weighted by atomic mass is 15.0. The first-order chi connectivity index (χ1) is 25.5. The molecule has 1 aliphatic carbocycles. The van der Waals surface area contributed by atoms with E-state index in [9.17, 15) is 0 Å². The summed E-state index contributed by atoms with van der Waals surface area (Å²) in [5, 5.41) is 13.2. The van der Waals surface area contributed by atoms with Crippen LogP contribution in [0.2, 0.25) is 0 Å². The molecule has 52 heavy (non-hydrogen) atoms. The van der Waals surface area contributed by atoms with Crippen LogP contribution < -0.4 is 0 Å². The summed E-state index contributed by atoms with van der Waals surface area (Å²) in [4.78, 5) is 0. The Bertz CT molecular complexity index is 2900. The van der Waals surface area contributed by atoms with Crippen molar-refractivity contribution in [3.05, 3.63) is 180 Å². The van der Waals surface area contributed by atoms with Crippen LogP contribution in [-0.2, 0) is 0 Å². The molecular weight excluding hydrogens is 631 g/mol. The molecule has 1 aliphatic rings. The fourth-order valence-corrected chi connectivity index (χ4v) is 8.27. The van der Waals surface area contributed by atoms with Gasteiger partial charge in [-0.2, -0.15) is 0 Å². The van der Waals surface area contributed by atoms with E-state index in [0.717, 1.165) is 61.2 Å². The normalized spacial score (nSPS) is 13.7. The number of nitrogens with one attached hydrogen (secondary N) is 1. The number of fused-ring (bicyclic) bond motifs is 7. The third kappa shape index (κ3) is 4.63. The second kappa shape index (κ2) is 12.3. The first-order valence-electron chi connectivity index (χ1n) is 17.7. The fourth-order valence-electron chi connectivity index (χ4n) is 8.27. The highest BCUT2D eigenvalue weighted by Gasteiger charge is 2.26. The lowest BCUT2D eigenvalue weighted by Crippen LogP contribution is -1.94. The molecule has 0 amide bonds. The summed E-state index contributed by atoms with van der Waals surface area (Å²) in [5.41, 5.74) is 16.7. The first-order valence-corrected chi connectivity index (χ1v) is 17.7. The molecule has 6 aromatic carbocycles. The lowest BCUT2D eigenvalue weighted by molar-refractivity contribution is 1.18. The molecule has 3 heteroatoms. The van der Waals surface area contributed by atoms with Crippen molar-refractivity contribution in [2.45, 2.75) is 13.8 Å². The molecule has 0 bridgehead atoms. The summed E-state index contributed by atoms with van der Waals surface area (Å²) in [6, 6.07) is 43.8. The van der Waals surface area contributed by atoms with Crippen molar-refractivity contribution in [3.8, 4) is 16.8 Å². The number of para-hydroxylation sites is 2. The largest absolute Gasteiger partial charge is 0.315 e. The Morgan fingerprint density at radius 3 is 2.02 bits per heavy atom. The maximum atomic E-state index is 8.41. The van der Waals surface area contributed by atoms with Crippen LogP contribution in [0.1, 0.15) is 34.7 Å². The minimum atomic E-state index is 0.891. The van der Waals surface area contributed by atoms with E-state index in [1.165, 1.54) is 50.0 Å². The van der Waals surface area contributed by atoms with E-state index < -0.39 is 0 Å². The van der Waals surface area contributed by atoms with Gasteiger partial charge in [0.25, 0.3) is 0 Å². The second-order valence-electron chi connectivity index (χ2n) is 13.4. The molecule has 0 radical (unpaired) electrons. The van der Waals surface area contributed by atoms with Gasteiger partial charge < -0.3 is 14.5 Å². The van der Waals surface area contributed by atoms with Gasteiger partial charge in [0, 0.05) is 50.8 Å². The summed E-state index contributed by atoms with van der Waals surface area (Å²) in [6.07, 6.45) is 11.8. The lowest BCUT2D eigenvalue weighted by atomic mass is 9.98. The minimum Gasteiger partial charge on any atom is -0.315 e. The number of benzene rings is 6. The van der Waals surface area contributed by atoms with Crippen molar-refractivity contribution in [2.24, 2.45) is 0 Å². The monoisotopic (exact) mass is 667 g/mol. The van der Waals surface area contributed by atoms with Gasteiger partial charge in [0.1, 0.15) is 0 Å². The number of aromatic nitrogens is 2. The summed E-state index contributed by atoms with van der Waals surface area (Å²) in [5.74, 6) is 0. The van der Waals surface area contributed by atoms with E-state index in [4.69, 9.17) is 5.41 Å². The van der Waals surface area contributed by atoms with Gasteiger partial charge in [-0.1, -0.05) is 104 Å². The third-order valence-corrected chi connectivity index (χ3v) is 10.6. The lowest BCUT2D eigenvalue weighted by Gasteiger charge is -2.10. The standard InChI is InChI=1S/C49H37N3/c1-5-14-33-25-42-41-27-35(22-24-47(41)52(36-16-9-8-10-17-36)48(42)28-32(33)6-2)34-21-23-46-40(26-34)38-18-11-12-20-45(38)51(46)30-44-43(29-50)37(7-3)39-19-13-15-31(4)49(39)44/h5-30,50H,2-3H2,1,4H3/b14-5-,44-30-,50-29?. The van der Waals surface area contributed by atoms with E-state index in [2.05, 4.69) is 176 Å². The van der Waals surface area contributed by atoms with Crippen LogP contribution in [-0.4, -0.2) is 15.3 Å². The van der Waals surface area contributed by atoms with E-state index >= 15 is 0 Å². The molecule has 2 heterocycles. The SMILES string of the molecule is C=CC1=C(C=N)/C(=C/n2c3ccccc3c3cc(-c4ccc5c(c4)c4cc(/C=C\C)c(C=C)cc4n5-c4ccccc4)ccc32)c2c(C)cccc21. The number of nitrogens with zero attached hydrogens (tertiary/aromatic N) is 2. The van der Waals surface area contributed by atoms with Gasteiger partial charge in [0.2, 0.25) is 0 Å². The molecule has 8 aromatic rings. The van der Waals surface area contributed by atoms with Crippen molar-refractivity contribution in [1.82, 2.24) is 9.13 Å². The Morgan fingerprint density at radius 2 is 1.29 bits per heavy atom. The number of hydrogen-bond acceptors (Lipinski definition) is 1. The second-order valence-corrected chi connectivity index (χ2v) is 13.4. The van der Waals surface area contributed by atoms with Gasteiger partial charge in [0.15, 0.2) is 0 Å². The Kier molecular flexibility index (Phi) is 7.37. The van der Waals surface area contributed by atoms with Gasteiger partial charge in [-0.15, -0.1) is 0 Å². The molecule has 248 valence electrons. The van der Waals surface area contributed by atoms with E-state index in [1.54, 1.807) is 0 Å². The summed E-state index contributed by atoms with van der Waals surface area (Å²) < 4.78 is 4.66. The van der Waals surface area contributed by atoms with E-state index in [-0.39, 0.29) is 0 Å². The van der Waals surface area contributed by atoms with Crippen LogP contribution in [0.5, 0.6) is 0 Å². The smallest absolute Gasteiger partial charge is 0.0547 e. The Labute approximate surface area is 303 Å². The summed E-state index contributed by atoms with van der Waals surface area (Å²) in [7, 11) is 0. The highest BCUT2D eigenvalue weighted by Crippen LogP contribution is 2.44. The van der Waals surface area contributed by atoms with Gasteiger partial charge in [-0.05, 0) is 113 Å². The zero-order valence-corrected chi connectivity index (χ0v) is 29.3. The van der Waals surface area contributed by atoms with E-state index in [0.29, 0.717) is 0 Å². The van der Waals surface area contributed by atoms with Gasteiger partial charge in [-0.3, -0.25) is 0 Å². The van der Waals surface area contributed by atoms with Crippen LogP contribution in [0.3, 0.4) is 0 Å². The number of aryl methyl sites for hydroxylation is 1. The Balaban J connectivity index is 1.26. The van der Waals surface area contributed by atoms with Crippen molar-refractivity contribution >= 4 is 79.3 Å². The topological polar surface area (TPSA) is 33.7 Å². The predicted molar refractivity (Wildman–Crippen MR) is 225 cm³/mol. The number of hydrogen-bond donors (Lipinski definition) is 1. The van der Waals surface area contributed by atoms with Crippen molar-refractivity contribution < 1.29 is 0 Å². The average molecular weight is 668 g/mol. The zero-order valence-electron chi connectivity index (χ0n) is 29.3. The summed E-state index contributed by atoms with van der Waals surface area (Å²) >= 11 is 0. The van der Waals surface area contributed by atoms with Gasteiger partial charge in [-0.25, -0.2) is 0 Å². The molecule has 9 rings (SSSR count). The third-order valence-electron chi connectivity index (χ3n) is 10.6. The molecule has 1 N–H and O–H groups in total. The fraction of sp³-hybridized carbons (Fsp3) is 0.0408. The van der Waals surface area contributed by atoms with Crippen LogP contribution >= 0.6 is 0 Å². The predicted octanol–water partition coefficient (Wildman–Crippen LogP) is 13.1. The molecule has 0 saturated heterocycles. The first kappa shape index (κ1) is 31.3. The highest BCUT2D eigenvalue weighted by molar-refractivity contribution is 6.20. The Morgan fingerprint density at radius 1 is 0.596 bits per heavy atom. The number of allylic oxidation sites excluding steroid dienone is 5. The van der Waals surface area contributed by atoms with Crippen molar-refractivity contribution in [2.75, 3.05) is 0 Å². The van der Waals surface area contributed by atoms with Crippen molar-refractivity contribution in [1.29, 1.82) is 5.41 Å².